The number of fused-ring (bicyclic) bond motifs is 5. The molecule has 4 aliphatic heterocycles. The highest BCUT2D eigenvalue weighted by molar-refractivity contribution is 6.03. The van der Waals surface area contributed by atoms with Crippen molar-refractivity contribution in [1.82, 2.24) is 25.2 Å². The lowest BCUT2D eigenvalue weighted by molar-refractivity contribution is 0.108. The molecule has 0 radical (unpaired) electrons. The molecule has 8 rings (SSSR count). The largest absolute Gasteiger partial charge is 0.508 e. The van der Waals surface area contributed by atoms with Crippen molar-refractivity contribution >= 4 is 27.5 Å². The number of rotatable bonds is 6. The van der Waals surface area contributed by atoms with E-state index in [0.29, 0.717) is 37.2 Å². The van der Waals surface area contributed by atoms with Crippen molar-refractivity contribution < 1.29 is 27.4 Å². The number of phenolic OH excluding ortho intramolecular Hbond substituents is 1. The van der Waals surface area contributed by atoms with E-state index in [9.17, 15) is 18.3 Å². The summed E-state index contributed by atoms with van der Waals surface area (Å²) in [7, 11) is 0. The predicted octanol–water partition coefficient (Wildman–Crippen LogP) is 5.91. The molecule has 4 fully saturated rings. The smallest absolute Gasteiger partial charge is 0.319 e. The number of ether oxygens (including phenoxy) is 1. The van der Waals surface area contributed by atoms with E-state index in [0.717, 1.165) is 44.8 Å². The fourth-order valence-electron chi connectivity index (χ4n) is 8.37. The summed E-state index contributed by atoms with van der Waals surface area (Å²) in [5.74, 6) is 1.00. The normalized spacial score (nSPS) is 23.3. The number of hydrogen-bond donors (Lipinski definition) is 2. The van der Waals surface area contributed by atoms with Crippen molar-refractivity contribution in [2.75, 3.05) is 37.7 Å². The Kier molecular flexibility index (Phi) is 7.04. The third kappa shape index (κ3) is 4.95. The average Bonchev–Trinajstić information content (AvgIpc) is 3.71. The first-order valence-electron chi connectivity index (χ1n) is 15.9. The lowest BCUT2D eigenvalue weighted by atomic mass is 9.95. The van der Waals surface area contributed by atoms with E-state index < -0.39 is 23.3 Å². The summed E-state index contributed by atoms with van der Waals surface area (Å²) in [5.41, 5.74) is -1.36. The van der Waals surface area contributed by atoms with E-state index in [1.165, 1.54) is 30.5 Å². The van der Waals surface area contributed by atoms with Crippen LogP contribution in [0.2, 0.25) is 0 Å². The molecule has 242 valence electrons. The molecule has 0 aliphatic carbocycles. The number of benzene rings is 2. The fraction of sp³-hybridized carbons (Fsp3) is 0.400. The maximum atomic E-state index is 16.9. The van der Waals surface area contributed by atoms with Gasteiger partial charge in [0.2, 0.25) is 0 Å². The second-order valence-electron chi connectivity index (χ2n) is 13.2. The number of phenols is 1. The maximum absolute atomic E-state index is 16.9. The van der Waals surface area contributed by atoms with Gasteiger partial charge < -0.3 is 20.1 Å². The van der Waals surface area contributed by atoms with Crippen molar-refractivity contribution in [3.8, 4) is 35.4 Å². The van der Waals surface area contributed by atoms with Gasteiger partial charge in [0.05, 0.1) is 22.0 Å². The second-order valence-corrected chi connectivity index (χ2v) is 13.2. The van der Waals surface area contributed by atoms with Crippen molar-refractivity contribution in [1.29, 1.82) is 0 Å². The third-order valence-corrected chi connectivity index (χ3v) is 10.4. The van der Waals surface area contributed by atoms with Gasteiger partial charge in [0.1, 0.15) is 35.2 Å². The highest BCUT2D eigenvalue weighted by Crippen LogP contribution is 2.42. The van der Waals surface area contributed by atoms with Crippen molar-refractivity contribution in [3.05, 3.63) is 59.8 Å². The first kappa shape index (κ1) is 29.9. The molecule has 0 spiro atoms. The molecule has 0 amide bonds. The van der Waals surface area contributed by atoms with Crippen LogP contribution in [0.25, 0.3) is 32.9 Å². The van der Waals surface area contributed by atoms with Gasteiger partial charge in [-0.1, -0.05) is 12.0 Å². The molecule has 8 nitrogen and oxygen atoms in total. The highest BCUT2D eigenvalue weighted by atomic mass is 19.3. The Bertz CT molecular complexity index is 2000. The van der Waals surface area contributed by atoms with Crippen LogP contribution in [0.1, 0.15) is 44.1 Å². The first-order valence-corrected chi connectivity index (χ1v) is 15.9. The SMILES string of the molecule is C#Cc1c(F)ccc2cc(O)cc(-c3ncc4c(N5C[C@H]6CC[C@@](C=C(F)F)(C5)N6)nc(OCC56CCCN5CCC6)nc4c3F)c12. The van der Waals surface area contributed by atoms with Gasteiger partial charge in [0.15, 0.2) is 5.82 Å². The summed E-state index contributed by atoms with van der Waals surface area (Å²) in [6, 6.07) is 5.26. The lowest BCUT2D eigenvalue weighted by Gasteiger charge is -2.40. The van der Waals surface area contributed by atoms with E-state index >= 15 is 4.39 Å². The van der Waals surface area contributed by atoms with Gasteiger partial charge >= 0.3 is 6.01 Å². The van der Waals surface area contributed by atoms with Crippen LogP contribution in [0.3, 0.4) is 0 Å². The van der Waals surface area contributed by atoms with E-state index in [1.807, 2.05) is 4.90 Å². The van der Waals surface area contributed by atoms with Crippen LogP contribution in [0, 0.1) is 24.0 Å². The Morgan fingerprint density at radius 1 is 1.15 bits per heavy atom. The van der Waals surface area contributed by atoms with E-state index in [-0.39, 0.29) is 63.0 Å². The molecule has 4 aliphatic rings. The van der Waals surface area contributed by atoms with Crippen LogP contribution in [0.4, 0.5) is 23.4 Å². The molecule has 12 heteroatoms. The second kappa shape index (κ2) is 11.1. The monoisotopic (exact) mass is 644 g/mol. The van der Waals surface area contributed by atoms with Crippen LogP contribution in [-0.2, 0) is 0 Å². The Hall–Kier alpha value is -4.47. The maximum Gasteiger partial charge on any atom is 0.319 e. The van der Waals surface area contributed by atoms with Gasteiger partial charge in [-0.15, -0.1) is 6.42 Å². The highest BCUT2D eigenvalue weighted by Gasteiger charge is 2.46. The minimum Gasteiger partial charge on any atom is -0.508 e. The molecular formula is C35H32F4N6O2. The third-order valence-electron chi connectivity index (χ3n) is 10.4. The number of aromatic hydroxyl groups is 1. The van der Waals surface area contributed by atoms with Gasteiger partial charge in [-0.25, -0.2) is 8.78 Å². The van der Waals surface area contributed by atoms with Gasteiger partial charge in [0, 0.05) is 42.4 Å². The Morgan fingerprint density at radius 2 is 1.96 bits per heavy atom. The molecule has 2 aromatic heterocycles. The fourth-order valence-corrected chi connectivity index (χ4v) is 8.37. The Labute approximate surface area is 268 Å². The number of pyridine rings is 1. The number of halogens is 4. The Morgan fingerprint density at radius 3 is 2.72 bits per heavy atom. The lowest BCUT2D eigenvalue weighted by Crippen LogP contribution is -2.59. The van der Waals surface area contributed by atoms with Gasteiger partial charge in [0.25, 0.3) is 6.08 Å². The van der Waals surface area contributed by atoms with Crippen LogP contribution in [-0.4, -0.2) is 74.9 Å². The molecule has 0 saturated carbocycles. The molecular weight excluding hydrogens is 612 g/mol. The molecule has 2 aromatic carbocycles. The summed E-state index contributed by atoms with van der Waals surface area (Å²) >= 11 is 0. The van der Waals surface area contributed by atoms with Crippen LogP contribution in [0.5, 0.6) is 11.8 Å². The summed E-state index contributed by atoms with van der Waals surface area (Å²) in [6.45, 7) is 2.97. The standard InChI is InChI=1S/C35H32F4N6O2/c1-2-23-26(36)6-5-20-13-22(46)14-24(28(20)23)30-29(39)31-25(16-40-30)32(44-17-21-7-10-34(18-44,43-21)15-27(37)38)42-33(41-31)47-19-35-8-3-11-45(35)12-4-9-35/h1,5-6,13-16,21,43,46H,3-4,7-12,17-19H2/t21-,34-/m1/s1. The number of terminal acetylenes is 1. The van der Waals surface area contributed by atoms with Crippen molar-refractivity contribution in [3.63, 3.8) is 0 Å². The molecule has 2 atom stereocenters. The number of anilines is 1. The molecule has 47 heavy (non-hydrogen) atoms. The average molecular weight is 645 g/mol. The van der Waals surface area contributed by atoms with Crippen LogP contribution in [0.15, 0.2) is 42.6 Å². The number of piperazine rings is 1. The van der Waals surface area contributed by atoms with Crippen LogP contribution < -0.4 is 15.0 Å². The van der Waals surface area contributed by atoms with Crippen molar-refractivity contribution in [2.24, 2.45) is 0 Å². The molecule has 0 unspecified atom stereocenters. The first-order chi connectivity index (χ1) is 22.7. The van der Waals surface area contributed by atoms with E-state index in [4.69, 9.17) is 16.1 Å². The topological polar surface area (TPSA) is 86.6 Å². The zero-order valence-corrected chi connectivity index (χ0v) is 25.5. The number of aromatic nitrogens is 3. The summed E-state index contributed by atoms with van der Waals surface area (Å²) < 4.78 is 65.2. The van der Waals surface area contributed by atoms with Gasteiger partial charge in [-0.05, 0) is 75.2 Å². The molecule has 4 saturated heterocycles. The number of hydrogen-bond acceptors (Lipinski definition) is 8. The Balaban J connectivity index is 1.29. The number of nitrogens with one attached hydrogen (secondary N) is 1. The molecule has 2 N–H and O–H groups in total. The summed E-state index contributed by atoms with van der Waals surface area (Å²) in [6.07, 6.45) is 11.6. The van der Waals surface area contributed by atoms with Crippen LogP contribution >= 0.6 is 0 Å². The van der Waals surface area contributed by atoms with E-state index in [1.54, 1.807) is 0 Å². The number of nitrogens with zero attached hydrogens (tertiary/aromatic N) is 5. The van der Waals surface area contributed by atoms with E-state index in [2.05, 4.69) is 26.1 Å². The molecule has 4 aromatic rings. The quantitative estimate of drug-likeness (QED) is 0.198. The zero-order chi connectivity index (χ0) is 32.5. The van der Waals surface area contributed by atoms with Crippen molar-refractivity contribution in [2.45, 2.75) is 55.6 Å². The summed E-state index contributed by atoms with van der Waals surface area (Å²) in [4.78, 5) is 18.1. The predicted molar refractivity (Wildman–Crippen MR) is 169 cm³/mol. The minimum atomic E-state index is -1.77. The van der Waals surface area contributed by atoms with Gasteiger partial charge in [-0.2, -0.15) is 18.7 Å². The summed E-state index contributed by atoms with van der Waals surface area (Å²) in [5, 5.41) is 14.8. The minimum absolute atomic E-state index is 0.0278. The zero-order valence-electron chi connectivity index (χ0n) is 25.5. The molecule has 2 bridgehead atoms. The van der Waals surface area contributed by atoms with Gasteiger partial charge in [-0.3, -0.25) is 9.88 Å². The molecule has 6 heterocycles.